The number of anilines is 3. The summed E-state index contributed by atoms with van der Waals surface area (Å²) in [5.74, 6) is 0. The Hall–Kier alpha value is -1.38. The lowest BCUT2D eigenvalue weighted by Crippen LogP contribution is -2.09. The maximum Gasteiger partial charge on any atom is 0.0610 e. The summed E-state index contributed by atoms with van der Waals surface area (Å²) in [6.07, 6.45) is 1.02. The molecule has 0 fully saturated rings. The van der Waals surface area contributed by atoms with Gasteiger partial charge in [0.2, 0.25) is 0 Å². The summed E-state index contributed by atoms with van der Waals surface area (Å²) in [4.78, 5) is 0. The number of fused-ring (bicyclic) bond motifs is 1. The van der Waals surface area contributed by atoms with Crippen molar-refractivity contribution in [1.29, 1.82) is 0 Å². The van der Waals surface area contributed by atoms with Crippen molar-refractivity contribution in [2.75, 3.05) is 16.8 Å². The zero-order valence-electron chi connectivity index (χ0n) is 7.09. The average Bonchev–Trinajstić information content (AvgIpc) is 2.29. The summed E-state index contributed by atoms with van der Waals surface area (Å²) in [7, 11) is 0. The minimum atomic E-state index is 0.476. The summed E-state index contributed by atoms with van der Waals surface area (Å²) >= 11 is 0. The summed E-state index contributed by atoms with van der Waals surface area (Å²) in [6.45, 7) is 2.13. The molecule has 1 unspecified atom stereocenters. The number of nitrogens with one attached hydrogen (secondary N) is 1. The largest absolute Gasteiger partial charge is 0.399 e. The van der Waals surface area contributed by atoms with E-state index in [1.54, 1.807) is 6.07 Å². The lowest BCUT2D eigenvalue weighted by Gasteiger charge is -2.06. The third-order valence-corrected chi connectivity index (χ3v) is 2.19. The van der Waals surface area contributed by atoms with Crippen LogP contribution in [-0.4, -0.2) is 6.04 Å². The molecule has 1 atom stereocenters. The van der Waals surface area contributed by atoms with Crippen molar-refractivity contribution in [2.45, 2.75) is 19.4 Å². The van der Waals surface area contributed by atoms with E-state index < -0.39 is 0 Å². The monoisotopic (exact) mass is 163 g/mol. The smallest absolute Gasteiger partial charge is 0.0610 e. The molecule has 1 aromatic carbocycles. The number of hydrogen-bond donors (Lipinski definition) is 3. The molecular formula is C9H13N3. The highest BCUT2D eigenvalue weighted by atomic mass is 15.0. The van der Waals surface area contributed by atoms with Crippen LogP contribution in [0, 0.1) is 0 Å². The van der Waals surface area contributed by atoms with E-state index in [4.69, 9.17) is 11.5 Å². The first-order valence-corrected chi connectivity index (χ1v) is 4.11. The predicted molar refractivity (Wildman–Crippen MR) is 52.1 cm³/mol. The van der Waals surface area contributed by atoms with Crippen molar-refractivity contribution < 1.29 is 0 Å². The van der Waals surface area contributed by atoms with Crippen LogP contribution in [0.4, 0.5) is 17.1 Å². The fraction of sp³-hybridized carbons (Fsp3) is 0.333. The number of benzene rings is 1. The summed E-state index contributed by atoms with van der Waals surface area (Å²) in [5, 5.41) is 3.31. The molecule has 3 heteroatoms. The third kappa shape index (κ3) is 0.978. The molecule has 3 nitrogen and oxygen atoms in total. The number of nitrogen functional groups attached to an aromatic ring is 2. The van der Waals surface area contributed by atoms with E-state index in [1.165, 1.54) is 5.56 Å². The molecule has 0 aromatic heterocycles. The van der Waals surface area contributed by atoms with Gasteiger partial charge >= 0.3 is 0 Å². The Morgan fingerprint density at radius 2 is 2.17 bits per heavy atom. The molecule has 1 aliphatic heterocycles. The Bertz CT molecular complexity index is 320. The van der Waals surface area contributed by atoms with E-state index in [2.05, 4.69) is 12.2 Å². The highest BCUT2D eigenvalue weighted by Gasteiger charge is 2.18. The molecule has 0 spiro atoms. The molecule has 2 rings (SSSR count). The zero-order valence-corrected chi connectivity index (χ0v) is 7.09. The van der Waals surface area contributed by atoms with Crippen LogP contribution < -0.4 is 16.8 Å². The summed E-state index contributed by atoms with van der Waals surface area (Å²) in [5.41, 5.74) is 15.3. The van der Waals surface area contributed by atoms with Crippen LogP contribution in [-0.2, 0) is 6.42 Å². The minimum absolute atomic E-state index is 0.476. The van der Waals surface area contributed by atoms with Crippen LogP contribution in [0.5, 0.6) is 0 Å². The van der Waals surface area contributed by atoms with Crippen molar-refractivity contribution in [3.8, 4) is 0 Å². The van der Waals surface area contributed by atoms with Crippen molar-refractivity contribution in [1.82, 2.24) is 0 Å². The molecular weight excluding hydrogens is 150 g/mol. The van der Waals surface area contributed by atoms with E-state index in [0.29, 0.717) is 6.04 Å². The van der Waals surface area contributed by atoms with Crippen LogP contribution >= 0.6 is 0 Å². The van der Waals surface area contributed by atoms with Gasteiger partial charge < -0.3 is 16.8 Å². The Morgan fingerprint density at radius 3 is 2.92 bits per heavy atom. The van der Waals surface area contributed by atoms with Crippen molar-refractivity contribution in [3.05, 3.63) is 17.7 Å². The van der Waals surface area contributed by atoms with Gasteiger partial charge in [0.25, 0.3) is 0 Å². The normalized spacial score (nSPS) is 20.2. The number of hydrogen-bond acceptors (Lipinski definition) is 3. The highest BCUT2D eigenvalue weighted by Crippen LogP contribution is 2.33. The van der Waals surface area contributed by atoms with Gasteiger partial charge in [0.05, 0.1) is 11.4 Å². The van der Waals surface area contributed by atoms with Crippen LogP contribution in [0.25, 0.3) is 0 Å². The zero-order chi connectivity index (χ0) is 8.72. The number of rotatable bonds is 0. The highest BCUT2D eigenvalue weighted by molar-refractivity contribution is 5.77. The molecule has 1 aliphatic rings. The lowest BCUT2D eigenvalue weighted by molar-refractivity contribution is 0.839. The van der Waals surface area contributed by atoms with Gasteiger partial charge in [-0.25, -0.2) is 0 Å². The van der Waals surface area contributed by atoms with E-state index in [-0.39, 0.29) is 0 Å². The number of nitrogens with two attached hydrogens (primary N) is 2. The van der Waals surface area contributed by atoms with Gasteiger partial charge in [-0.05, 0) is 31.0 Å². The Labute approximate surface area is 71.8 Å². The second-order valence-corrected chi connectivity index (χ2v) is 3.39. The molecule has 0 amide bonds. The quantitative estimate of drug-likeness (QED) is 0.504. The Balaban J connectivity index is 2.52. The van der Waals surface area contributed by atoms with E-state index in [9.17, 15) is 0 Å². The second kappa shape index (κ2) is 2.30. The van der Waals surface area contributed by atoms with E-state index in [0.717, 1.165) is 23.5 Å². The molecule has 1 heterocycles. The fourth-order valence-electron chi connectivity index (χ4n) is 1.72. The van der Waals surface area contributed by atoms with E-state index in [1.807, 2.05) is 6.07 Å². The molecule has 0 bridgehead atoms. The lowest BCUT2D eigenvalue weighted by atomic mass is 10.1. The van der Waals surface area contributed by atoms with Crippen LogP contribution in [0.2, 0.25) is 0 Å². The van der Waals surface area contributed by atoms with Crippen molar-refractivity contribution in [3.63, 3.8) is 0 Å². The van der Waals surface area contributed by atoms with Gasteiger partial charge in [-0.2, -0.15) is 0 Å². The van der Waals surface area contributed by atoms with E-state index >= 15 is 0 Å². The molecule has 0 radical (unpaired) electrons. The Kier molecular flexibility index (Phi) is 1.40. The molecule has 1 aromatic rings. The average molecular weight is 163 g/mol. The standard InChI is InChI=1S/C9H13N3/c1-5-2-6-3-7(10)4-8(11)9(6)12-5/h3-5,12H,2,10-11H2,1H3. The van der Waals surface area contributed by atoms with Gasteiger partial charge in [0, 0.05) is 11.7 Å². The van der Waals surface area contributed by atoms with Gasteiger partial charge in [0.1, 0.15) is 0 Å². The topological polar surface area (TPSA) is 64.1 Å². The van der Waals surface area contributed by atoms with Crippen LogP contribution in [0.1, 0.15) is 12.5 Å². The molecule has 0 saturated heterocycles. The third-order valence-electron chi connectivity index (χ3n) is 2.19. The first-order valence-electron chi connectivity index (χ1n) is 4.11. The van der Waals surface area contributed by atoms with Gasteiger partial charge in [-0.15, -0.1) is 0 Å². The maximum absolute atomic E-state index is 5.79. The first-order chi connectivity index (χ1) is 5.66. The van der Waals surface area contributed by atoms with Gasteiger partial charge in [-0.3, -0.25) is 0 Å². The minimum Gasteiger partial charge on any atom is -0.399 e. The fourth-order valence-corrected chi connectivity index (χ4v) is 1.72. The molecule has 0 aliphatic carbocycles. The first kappa shape index (κ1) is 7.28. The van der Waals surface area contributed by atoms with Gasteiger partial charge in [0.15, 0.2) is 0 Å². The summed E-state index contributed by atoms with van der Waals surface area (Å²) in [6, 6.07) is 4.26. The molecule has 64 valence electrons. The molecule has 12 heavy (non-hydrogen) atoms. The van der Waals surface area contributed by atoms with Crippen molar-refractivity contribution >= 4 is 17.1 Å². The maximum atomic E-state index is 5.79. The van der Waals surface area contributed by atoms with Crippen molar-refractivity contribution in [2.24, 2.45) is 0 Å². The SMILES string of the molecule is CC1Cc2cc(N)cc(N)c2N1. The van der Waals surface area contributed by atoms with Crippen LogP contribution in [0.3, 0.4) is 0 Å². The second-order valence-electron chi connectivity index (χ2n) is 3.39. The van der Waals surface area contributed by atoms with Gasteiger partial charge in [-0.1, -0.05) is 0 Å². The predicted octanol–water partition coefficient (Wildman–Crippen LogP) is 1.21. The van der Waals surface area contributed by atoms with Crippen LogP contribution in [0.15, 0.2) is 12.1 Å². The molecule has 5 N–H and O–H groups in total. The summed E-state index contributed by atoms with van der Waals surface area (Å²) < 4.78 is 0. The molecule has 0 saturated carbocycles. The Morgan fingerprint density at radius 1 is 1.42 bits per heavy atom.